The first kappa shape index (κ1) is 13.9. The second-order valence-electron chi connectivity index (χ2n) is 2.91. The fourth-order valence-corrected chi connectivity index (χ4v) is 1.66. The van der Waals surface area contributed by atoms with E-state index in [0.717, 1.165) is 0 Å². The number of alkyl halides is 9. The lowest BCUT2D eigenvalue weighted by Gasteiger charge is -2.25. The third kappa shape index (κ3) is 1.44. The van der Waals surface area contributed by atoms with Crippen LogP contribution >= 0.6 is 22.6 Å². The van der Waals surface area contributed by atoms with Crippen molar-refractivity contribution < 1.29 is 39.5 Å². The molecule has 0 saturated carbocycles. The molecule has 94 valence electrons. The molecule has 0 fully saturated rings. The largest absolute Gasteiger partial charge is 0.383 e. The van der Waals surface area contributed by atoms with E-state index >= 15 is 0 Å². The van der Waals surface area contributed by atoms with Crippen molar-refractivity contribution in [1.29, 1.82) is 0 Å². The zero-order valence-electron chi connectivity index (χ0n) is 6.78. The first-order valence-electron chi connectivity index (χ1n) is 3.39. The van der Waals surface area contributed by atoms with Crippen LogP contribution in [0.4, 0.5) is 39.5 Å². The Balaban J connectivity index is 3.55. The highest BCUT2D eigenvalue weighted by molar-refractivity contribution is 14.1. The summed E-state index contributed by atoms with van der Waals surface area (Å²) in [5.74, 6) is -21.6. The molecule has 0 unspecified atom stereocenters. The van der Waals surface area contributed by atoms with Crippen LogP contribution < -0.4 is 0 Å². The first-order valence-corrected chi connectivity index (χ1v) is 4.47. The predicted octanol–water partition coefficient (Wildman–Crippen LogP) is 4.16. The van der Waals surface area contributed by atoms with E-state index in [-0.39, 0.29) is 22.6 Å². The normalized spacial score (nSPS) is 27.4. The number of hydrogen-bond acceptors (Lipinski definition) is 0. The second-order valence-corrected chi connectivity index (χ2v) is 4.26. The Bertz CT molecular complexity index is 350. The van der Waals surface area contributed by atoms with Gasteiger partial charge < -0.3 is 0 Å². The standard InChI is InChI=1S/C6F9I/c7-2-1(5(12,13)16)3(8,9)6(14,15)4(2,10)11. The van der Waals surface area contributed by atoms with Crippen molar-refractivity contribution in [3.8, 4) is 0 Å². The number of allylic oxidation sites excluding steroid dienone is 2. The van der Waals surface area contributed by atoms with Crippen LogP contribution in [0.1, 0.15) is 0 Å². The van der Waals surface area contributed by atoms with Gasteiger partial charge in [-0.25, -0.2) is 4.39 Å². The van der Waals surface area contributed by atoms with Gasteiger partial charge in [-0.1, -0.05) is 0 Å². The number of hydrogen-bond donors (Lipinski definition) is 0. The molecule has 0 aliphatic heterocycles. The molecule has 16 heavy (non-hydrogen) atoms. The summed E-state index contributed by atoms with van der Waals surface area (Å²) in [5, 5.41) is 0. The van der Waals surface area contributed by atoms with E-state index in [4.69, 9.17) is 0 Å². The molecule has 0 amide bonds. The summed E-state index contributed by atoms with van der Waals surface area (Å²) >= 11 is -0.125. The molecule has 0 saturated heterocycles. The first-order chi connectivity index (χ1) is 6.78. The fourth-order valence-electron chi connectivity index (χ4n) is 1.09. The van der Waals surface area contributed by atoms with Gasteiger partial charge in [0.15, 0.2) is 5.83 Å². The van der Waals surface area contributed by atoms with Gasteiger partial charge in [-0.05, 0) is 0 Å². The molecule has 0 aromatic heterocycles. The quantitative estimate of drug-likeness (QED) is 0.370. The minimum Gasteiger partial charge on any atom is -0.204 e. The van der Waals surface area contributed by atoms with Crippen LogP contribution in [0.25, 0.3) is 0 Å². The smallest absolute Gasteiger partial charge is 0.204 e. The summed E-state index contributed by atoms with van der Waals surface area (Å²) in [7, 11) is 0. The average molecular weight is 370 g/mol. The zero-order valence-corrected chi connectivity index (χ0v) is 8.94. The Morgan fingerprint density at radius 3 is 1.38 bits per heavy atom. The van der Waals surface area contributed by atoms with Crippen LogP contribution in [0.2, 0.25) is 0 Å². The van der Waals surface area contributed by atoms with E-state index in [0.29, 0.717) is 0 Å². The summed E-state index contributed by atoms with van der Waals surface area (Å²) < 4.78 is 107. The highest BCUT2D eigenvalue weighted by Gasteiger charge is 2.84. The third-order valence-electron chi connectivity index (χ3n) is 1.88. The molecule has 0 atom stereocenters. The van der Waals surface area contributed by atoms with Crippen molar-refractivity contribution >= 4 is 22.6 Å². The maximum Gasteiger partial charge on any atom is 0.383 e. The van der Waals surface area contributed by atoms with Gasteiger partial charge >= 0.3 is 21.7 Å². The molecule has 1 aliphatic rings. The molecule has 1 aliphatic carbocycles. The Labute approximate surface area is 95.6 Å². The summed E-state index contributed by atoms with van der Waals surface area (Å²) in [6.45, 7) is 0. The number of rotatable bonds is 1. The molecule has 0 spiro atoms. The molecule has 0 N–H and O–H groups in total. The Kier molecular flexibility index (Phi) is 2.77. The highest BCUT2D eigenvalue weighted by Crippen LogP contribution is 2.63. The molecule has 1 rings (SSSR count). The Morgan fingerprint density at radius 2 is 1.25 bits per heavy atom. The van der Waals surface area contributed by atoms with Gasteiger partial charge in [0.1, 0.15) is 5.57 Å². The third-order valence-corrected chi connectivity index (χ3v) is 2.42. The summed E-state index contributed by atoms with van der Waals surface area (Å²) in [5.41, 5.74) is -3.18. The Hall–Kier alpha value is -0.160. The van der Waals surface area contributed by atoms with Gasteiger partial charge in [-0.3, -0.25) is 0 Å². The molecular weight excluding hydrogens is 370 g/mol. The van der Waals surface area contributed by atoms with E-state index in [1.54, 1.807) is 0 Å². The van der Waals surface area contributed by atoms with Crippen molar-refractivity contribution in [3.05, 3.63) is 11.4 Å². The SMILES string of the molecule is FC1=C(C(F)(F)I)C(F)(F)C(F)(F)C1(F)F. The van der Waals surface area contributed by atoms with Crippen molar-refractivity contribution in [3.63, 3.8) is 0 Å². The molecule has 0 heterocycles. The van der Waals surface area contributed by atoms with Crippen LogP contribution in [-0.2, 0) is 0 Å². The van der Waals surface area contributed by atoms with Crippen molar-refractivity contribution in [1.82, 2.24) is 0 Å². The molecule has 0 nitrogen and oxygen atoms in total. The van der Waals surface area contributed by atoms with E-state index < -0.39 is 33.1 Å². The van der Waals surface area contributed by atoms with Crippen molar-refractivity contribution in [2.75, 3.05) is 0 Å². The Morgan fingerprint density at radius 1 is 0.875 bits per heavy atom. The van der Waals surface area contributed by atoms with Crippen LogP contribution in [0.15, 0.2) is 11.4 Å². The van der Waals surface area contributed by atoms with E-state index in [9.17, 15) is 39.5 Å². The summed E-state index contributed by atoms with van der Waals surface area (Å²) in [4.78, 5) is 0. The topological polar surface area (TPSA) is 0 Å². The number of halogens is 10. The van der Waals surface area contributed by atoms with E-state index in [1.807, 2.05) is 0 Å². The lowest BCUT2D eigenvalue weighted by molar-refractivity contribution is -0.270. The minimum absolute atomic E-state index is 0.125. The zero-order chi connectivity index (χ0) is 13.2. The lowest BCUT2D eigenvalue weighted by atomic mass is 10.1. The van der Waals surface area contributed by atoms with Crippen molar-refractivity contribution in [2.24, 2.45) is 0 Å². The van der Waals surface area contributed by atoms with Gasteiger partial charge in [0, 0.05) is 22.6 Å². The summed E-state index contributed by atoms with van der Waals surface area (Å²) in [6.07, 6.45) is 0. The maximum absolute atomic E-state index is 12.6. The van der Waals surface area contributed by atoms with Gasteiger partial charge in [-0.15, -0.1) is 0 Å². The molecule has 0 bridgehead atoms. The van der Waals surface area contributed by atoms with Crippen LogP contribution in [-0.4, -0.2) is 21.7 Å². The highest BCUT2D eigenvalue weighted by atomic mass is 127. The fraction of sp³-hybridized carbons (Fsp3) is 0.667. The molecule has 0 aromatic carbocycles. The van der Waals surface area contributed by atoms with E-state index in [2.05, 4.69) is 0 Å². The van der Waals surface area contributed by atoms with Crippen LogP contribution in [0.3, 0.4) is 0 Å². The van der Waals surface area contributed by atoms with Crippen molar-refractivity contribution in [2.45, 2.75) is 21.7 Å². The average Bonchev–Trinajstić information content (AvgIpc) is 2.06. The van der Waals surface area contributed by atoms with Gasteiger partial charge in [-0.2, -0.15) is 35.1 Å². The van der Waals surface area contributed by atoms with Gasteiger partial charge in [0.25, 0.3) is 0 Å². The van der Waals surface area contributed by atoms with Crippen LogP contribution in [0.5, 0.6) is 0 Å². The maximum atomic E-state index is 12.6. The van der Waals surface area contributed by atoms with Gasteiger partial charge in [0.05, 0.1) is 0 Å². The summed E-state index contributed by atoms with van der Waals surface area (Å²) in [6, 6.07) is 0. The molecule has 0 radical (unpaired) electrons. The lowest BCUT2D eigenvalue weighted by Crippen LogP contribution is -2.50. The second kappa shape index (κ2) is 3.19. The molecular formula is C6F9I. The predicted molar refractivity (Wildman–Crippen MR) is 41.9 cm³/mol. The van der Waals surface area contributed by atoms with E-state index in [1.165, 1.54) is 0 Å². The monoisotopic (exact) mass is 370 g/mol. The minimum atomic E-state index is -6.21. The van der Waals surface area contributed by atoms with Crippen LogP contribution in [0, 0.1) is 0 Å². The molecule has 10 heteroatoms. The van der Waals surface area contributed by atoms with Gasteiger partial charge in [0.2, 0.25) is 0 Å². The molecule has 0 aromatic rings.